The van der Waals surface area contributed by atoms with Crippen molar-refractivity contribution in [3.05, 3.63) is 81.6 Å². The average Bonchev–Trinajstić information content (AvgIpc) is 3.01. The molecular weight excluding hydrogens is 410 g/mol. The van der Waals surface area contributed by atoms with Crippen molar-refractivity contribution in [1.82, 2.24) is 14.7 Å². The SMILES string of the molecule is COC(COc1ccc(C)cc1)CN(C)Cc1c(C)nn(Cc2ccccc2Cl)c1C. The number of rotatable bonds is 10. The molecule has 1 unspecified atom stereocenters. The van der Waals surface area contributed by atoms with E-state index >= 15 is 0 Å². The third-order valence-electron chi connectivity index (χ3n) is 5.54. The minimum atomic E-state index is -0.0231. The maximum Gasteiger partial charge on any atom is 0.119 e. The third-order valence-corrected chi connectivity index (χ3v) is 5.91. The van der Waals surface area contributed by atoms with E-state index in [-0.39, 0.29) is 6.10 Å². The van der Waals surface area contributed by atoms with Gasteiger partial charge in [-0.3, -0.25) is 9.58 Å². The Balaban J connectivity index is 1.60. The number of aryl methyl sites for hydroxylation is 2. The molecule has 166 valence electrons. The van der Waals surface area contributed by atoms with Gasteiger partial charge in [-0.15, -0.1) is 0 Å². The van der Waals surface area contributed by atoms with Gasteiger partial charge in [0.2, 0.25) is 0 Å². The fourth-order valence-corrected chi connectivity index (χ4v) is 3.80. The van der Waals surface area contributed by atoms with Crippen molar-refractivity contribution >= 4 is 11.6 Å². The van der Waals surface area contributed by atoms with Crippen molar-refractivity contribution in [3.63, 3.8) is 0 Å². The van der Waals surface area contributed by atoms with Gasteiger partial charge < -0.3 is 9.47 Å². The zero-order valence-electron chi connectivity index (χ0n) is 19.1. The predicted molar refractivity (Wildman–Crippen MR) is 126 cm³/mol. The number of methoxy groups -OCH3 is 1. The molecule has 2 aromatic carbocycles. The van der Waals surface area contributed by atoms with Gasteiger partial charge in [-0.05, 0) is 51.6 Å². The highest BCUT2D eigenvalue weighted by Gasteiger charge is 2.17. The molecule has 0 aliphatic carbocycles. The highest BCUT2D eigenvalue weighted by Crippen LogP contribution is 2.20. The minimum Gasteiger partial charge on any atom is -0.491 e. The van der Waals surface area contributed by atoms with Crippen LogP contribution in [0.1, 0.15) is 28.1 Å². The fourth-order valence-electron chi connectivity index (χ4n) is 3.61. The van der Waals surface area contributed by atoms with Crippen LogP contribution in [0.15, 0.2) is 48.5 Å². The van der Waals surface area contributed by atoms with Crippen LogP contribution >= 0.6 is 11.6 Å². The van der Waals surface area contributed by atoms with Crippen LogP contribution in [0.4, 0.5) is 0 Å². The van der Waals surface area contributed by atoms with Gasteiger partial charge in [0.15, 0.2) is 0 Å². The molecule has 0 aliphatic heterocycles. The largest absolute Gasteiger partial charge is 0.491 e. The van der Waals surface area contributed by atoms with Gasteiger partial charge in [0.1, 0.15) is 18.5 Å². The number of benzene rings is 2. The lowest BCUT2D eigenvalue weighted by molar-refractivity contribution is 0.0335. The van der Waals surface area contributed by atoms with Crippen LogP contribution in [-0.4, -0.2) is 48.1 Å². The highest BCUT2D eigenvalue weighted by atomic mass is 35.5. The Morgan fingerprint density at radius 2 is 1.77 bits per heavy atom. The number of ether oxygens (including phenoxy) is 2. The topological polar surface area (TPSA) is 39.5 Å². The van der Waals surface area contributed by atoms with E-state index < -0.39 is 0 Å². The second kappa shape index (κ2) is 10.8. The van der Waals surface area contributed by atoms with Gasteiger partial charge in [0.25, 0.3) is 0 Å². The second-order valence-corrected chi connectivity index (χ2v) is 8.48. The monoisotopic (exact) mass is 441 g/mol. The lowest BCUT2D eigenvalue weighted by Gasteiger charge is -2.23. The molecule has 3 rings (SSSR count). The third kappa shape index (κ3) is 6.33. The Morgan fingerprint density at radius 1 is 1.06 bits per heavy atom. The summed E-state index contributed by atoms with van der Waals surface area (Å²) in [5.74, 6) is 0.864. The van der Waals surface area contributed by atoms with E-state index in [0.717, 1.165) is 40.8 Å². The minimum absolute atomic E-state index is 0.0231. The molecule has 3 aromatic rings. The number of aromatic nitrogens is 2. The second-order valence-electron chi connectivity index (χ2n) is 8.08. The summed E-state index contributed by atoms with van der Waals surface area (Å²) < 4.78 is 13.6. The quantitative estimate of drug-likeness (QED) is 0.442. The molecule has 31 heavy (non-hydrogen) atoms. The van der Waals surface area contributed by atoms with Crippen molar-refractivity contribution in [1.29, 1.82) is 0 Å². The molecule has 0 aliphatic rings. The number of hydrogen-bond donors (Lipinski definition) is 0. The molecular formula is C25H32ClN3O2. The Morgan fingerprint density at radius 3 is 2.45 bits per heavy atom. The Labute approximate surface area is 190 Å². The summed E-state index contributed by atoms with van der Waals surface area (Å²) in [4.78, 5) is 2.25. The first kappa shape index (κ1) is 23.3. The zero-order chi connectivity index (χ0) is 22.4. The van der Waals surface area contributed by atoms with Gasteiger partial charge in [-0.25, -0.2) is 0 Å². The van der Waals surface area contributed by atoms with Crippen LogP contribution in [0.25, 0.3) is 0 Å². The summed E-state index contributed by atoms with van der Waals surface area (Å²) in [6, 6.07) is 16.0. The Bertz CT molecular complexity index is 985. The van der Waals surface area contributed by atoms with Crippen molar-refractivity contribution in [2.45, 2.75) is 40.0 Å². The van der Waals surface area contributed by atoms with Crippen molar-refractivity contribution < 1.29 is 9.47 Å². The Kier molecular flexibility index (Phi) is 8.13. The van der Waals surface area contributed by atoms with Crippen LogP contribution in [0.2, 0.25) is 5.02 Å². The van der Waals surface area contributed by atoms with E-state index in [1.807, 2.05) is 41.1 Å². The van der Waals surface area contributed by atoms with Gasteiger partial charge in [0, 0.05) is 36.5 Å². The maximum absolute atomic E-state index is 6.34. The molecule has 1 heterocycles. The fraction of sp³-hybridized carbons (Fsp3) is 0.400. The summed E-state index contributed by atoms with van der Waals surface area (Å²) in [7, 11) is 3.83. The van der Waals surface area contributed by atoms with Crippen molar-refractivity contribution in [2.75, 3.05) is 27.3 Å². The normalized spacial score (nSPS) is 12.4. The van der Waals surface area contributed by atoms with Crippen LogP contribution in [0, 0.1) is 20.8 Å². The summed E-state index contributed by atoms with van der Waals surface area (Å²) in [5, 5.41) is 5.53. The molecule has 0 N–H and O–H groups in total. The molecule has 6 heteroatoms. The van der Waals surface area contributed by atoms with Crippen molar-refractivity contribution in [3.8, 4) is 5.75 Å². The molecule has 0 fully saturated rings. The molecule has 1 atom stereocenters. The van der Waals surface area contributed by atoms with E-state index in [1.54, 1.807) is 7.11 Å². The van der Waals surface area contributed by atoms with Gasteiger partial charge in [0.05, 0.1) is 12.2 Å². The average molecular weight is 442 g/mol. The van der Waals surface area contributed by atoms with Crippen LogP contribution in [-0.2, 0) is 17.8 Å². The van der Waals surface area contributed by atoms with E-state index in [1.165, 1.54) is 11.1 Å². The van der Waals surface area contributed by atoms with Gasteiger partial charge in [-0.2, -0.15) is 5.10 Å². The molecule has 0 amide bonds. The molecule has 1 aromatic heterocycles. The molecule has 0 saturated carbocycles. The maximum atomic E-state index is 6.34. The molecule has 0 spiro atoms. The first-order valence-electron chi connectivity index (χ1n) is 10.5. The summed E-state index contributed by atoms with van der Waals surface area (Å²) in [6.45, 7) is 8.98. The van der Waals surface area contributed by atoms with E-state index in [9.17, 15) is 0 Å². The highest BCUT2D eigenvalue weighted by molar-refractivity contribution is 6.31. The van der Waals surface area contributed by atoms with Crippen LogP contribution in [0.5, 0.6) is 5.75 Å². The number of halogens is 1. The van der Waals surface area contributed by atoms with Crippen molar-refractivity contribution in [2.24, 2.45) is 0 Å². The van der Waals surface area contributed by atoms with E-state index in [0.29, 0.717) is 13.2 Å². The Hall–Kier alpha value is -2.34. The predicted octanol–water partition coefficient (Wildman–Crippen LogP) is 5.04. The molecule has 0 saturated heterocycles. The van der Waals surface area contributed by atoms with Gasteiger partial charge in [-0.1, -0.05) is 47.5 Å². The first-order chi connectivity index (χ1) is 14.9. The lowest BCUT2D eigenvalue weighted by Crippen LogP contribution is -2.34. The lowest BCUT2D eigenvalue weighted by atomic mass is 10.1. The van der Waals surface area contributed by atoms with Crippen LogP contribution < -0.4 is 4.74 Å². The molecule has 0 radical (unpaired) electrons. The van der Waals surface area contributed by atoms with Crippen LogP contribution in [0.3, 0.4) is 0 Å². The van der Waals surface area contributed by atoms with Gasteiger partial charge >= 0.3 is 0 Å². The van der Waals surface area contributed by atoms with E-state index in [4.69, 9.17) is 26.2 Å². The zero-order valence-corrected chi connectivity index (χ0v) is 19.8. The number of nitrogens with zero attached hydrogens (tertiary/aromatic N) is 3. The molecule has 5 nitrogen and oxygen atoms in total. The standard InChI is InChI=1S/C25H32ClN3O2/c1-18-10-12-22(13-11-18)31-17-23(30-5)15-28(4)16-24-19(2)27-29(20(24)3)14-21-8-6-7-9-25(21)26/h6-13,23H,14-17H2,1-5H3. The smallest absolute Gasteiger partial charge is 0.119 e. The summed E-state index contributed by atoms with van der Waals surface area (Å²) in [5.41, 5.74) is 5.73. The first-order valence-corrected chi connectivity index (χ1v) is 10.9. The number of hydrogen-bond acceptors (Lipinski definition) is 4. The number of likely N-dealkylation sites (N-methyl/N-ethyl adjacent to an activating group) is 1. The summed E-state index contributed by atoms with van der Waals surface area (Å²) >= 11 is 6.34. The van der Waals surface area contributed by atoms with E-state index in [2.05, 4.69) is 44.9 Å². The summed E-state index contributed by atoms with van der Waals surface area (Å²) in [6.07, 6.45) is -0.0231. The molecule has 0 bridgehead atoms.